The number of carbonyl (C=O) groups is 1. The lowest BCUT2D eigenvalue weighted by Crippen LogP contribution is -2.30. The van der Waals surface area contributed by atoms with Gasteiger partial charge in [0.25, 0.3) is 0 Å². The Morgan fingerprint density at radius 3 is 2.76 bits per heavy atom. The molecule has 5 nitrogen and oxygen atoms in total. The first-order valence-corrected chi connectivity index (χ1v) is 5.58. The summed E-state index contributed by atoms with van der Waals surface area (Å²) in [5, 5.41) is 0. The van der Waals surface area contributed by atoms with Crippen molar-refractivity contribution in [2.45, 2.75) is 26.3 Å². The van der Waals surface area contributed by atoms with Crippen LogP contribution in [-0.4, -0.2) is 31.2 Å². The number of methoxy groups -OCH3 is 1. The Kier molecular flexibility index (Phi) is 4.31. The van der Waals surface area contributed by atoms with Crippen LogP contribution in [0.15, 0.2) is 12.1 Å². The minimum Gasteiger partial charge on any atom is -0.464 e. The summed E-state index contributed by atoms with van der Waals surface area (Å²) in [5.41, 5.74) is 6.69. The Morgan fingerprint density at radius 1 is 1.59 bits per heavy atom. The highest BCUT2D eigenvalue weighted by Gasteiger charge is 2.16. The molecule has 2 N–H and O–H groups in total. The van der Waals surface area contributed by atoms with Crippen LogP contribution >= 0.6 is 0 Å². The van der Waals surface area contributed by atoms with Crippen molar-refractivity contribution < 1.29 is 9.53 Å². The third kappa shape index (κ3) is 2.87. The van der Waals surface area contributed by atoms with Gasteiger partial charge in [-0.3, -0.25) is 0 Å². The monoisotopic (exact) mass is 237 g/mol. The third-order valence-electron chi connectivity index (χ3n) is 2.89. The standard InChI is InChI=1S/C12H19N3O2/c1-5-8(2)15(3)11-9(13)6-7-10(14-11)12(16)17-4/h6-8H,5,13H2,1-4H3. The zero-order valence-electron chi connectivity index (χ0n) is 10.7. The molecule has 0 spiro atoms. The maximum atomic E-state index is 11.4. The molecule has 0 amide bonds. The molecule has 1 aromatic rings. The number of anilines is 2. The number of rotatable bonds is 4. The highest BCUT2D eigenvalue weighted by molar-refractivity contribution is 5.88. The van der Waals surface area contributed by atoms with Crippen molar-refractivity contribution in [1.82, 2.24) is 4.98 Å². The topological polar surface area (TPSA) is 68.5 Å². The molecule has 1 aromatic heterocycles. The van der Waals surface area contributed by atoms with E-state index in [1.54, 1.807) is 12.1 Å². The van der Waals surface area contributed by atoms with Gasteiger partial charge in [-0.15, -0.1) is 0 Å². The van der Waals surface area contributed by atoms with E-state index in [2.05, 4.69) is 23.6 Å². The van der Waals surface area contributed by atoms with E-state index in [0.29, 0.717) is 17.5 Å². The van der Waals surface area contributed by atoms with Crippen molar-refractivity contribution in [1.29, 1.82) is 0 Å². The van der Waals surface area contributed by atoms with Gasteiger partial charge in [-0.1, -0.05) is 6.92 Å². The first-order valence-electron chi connectivity index (χ1n) is 5.58. The van der Waals surface area contributed by atoms with E-state index < -0.39 is 5.97 Å². The first kappa shape index (κ1) is 13.3. The second kappa shape index (κ2) is 5.52. The van der Waals surface area contributed by atoms with Gasteiger partial charge in [-0.2, -0.15) is 0 Å². The lowest BCUT2D eigenvalue weighted by atomic mass is 10.2. The van der Waals surface area contributed by atoms with Crippen LogP contribution < -0.4 is 10.6 Å². The number of pyridine rings is 1. The molecule has 0 aliphatic carbocycles. The molecule has 0 aliphatic rings. The Hall–Kier alpha value is -1.78. The molecule has 0 aliphatic heterocycles. The quantitative estimate of drug-likeness (QED) is 0.807. The van der Waals surface area contributed by atoms with Gasteiger partial charge in [0.1, 0.15) is 0 Å². The summed E-state index contributed by atoms with van der Waals surface area (Å²) in [6.45, 7) is 4.16. The number of ether oxygens (including phenoxy) is 1. The molecule has 5 heteroatoms. The summed E-state index contributed by atoms with van der Waals surface area (Å²) in [5.74, 6) is 0.158. The molecule has 1 unspecified atom stereocenters. The van der Waals surface area contributed by atoms with Crippen LogP contribution in [0.1, 0.15) is 30.8 Å². The molecule has 0 fully saturated rings. The van der Waals surface area contributed by atoms with Crippen LogP contribution in [0.3, 0.4) is 0 Å². The number of hydrogen-bond donors (Lipinski definition) is 1. The summed E-state index contributed by atoms with van der Waals surface area (Å²) >= 11 is 0. The molecular weight excluding hydrogens is 218 g/mol. The van der Waals surface area contributed by atoms with Gasteiger partial charge >= 0.3 is 5.97 Å². The van der Waals surface area contributed by atoms with Crippen molar-refractivity contribution in [3.8, 4) is 0 Å². The average molecular weight is 237 g/mol. The van der Waals surface area contributed by atoms with Crippen LogP contribution in [-0.2, 0) is 4.74 Å². The van der Waals surface area contributed by atoms with E-state index in [1.165, 1.54) is 7.11 Å². The lowest BCUT2D eigenvalue weighted by molar-refractivity contribution is 0.0594. The average Bonchev–Trinajstić information content (AvgIpc) is 2.36. The van der Waals surface area contributed by atoms with E-state index >= 15 is 0 Å². The van der Waals surface area contributed by atoms with Crippen molar-refractivity contribution in [3.63, 3.8) is 0 Å². The minimum absolute atomic E-state index is 0.270. The van der Waals surface area contributed by atoms with Crippen LogP contribution in [0, 0.1) is 0 Å². The van der Waals surface area contributed by atoms with Crippen molar-refractivity contribution in [2.24, 2.45) is 0 Å². The highest BCUT2D eigenvalue weighted by atomic mass is 16.5. The Balaban J connectivity index is 3.10. The maximum Gasteiger partial charge on any atom is 0.356 e. The van der Waals surface area contributed by atoms with Crippen molar-refractivity contribution in [2.75, 3.05) is 24.8 Å². The van der Waals surface area contributed by atoms with E-state index in [0.717, 1.165) is 6.42 Å². The van der Waals surface area contributed by atoms with Gasteiger partial charge in [0, 0.05) is 13.1 Å². The smallest absolute Gasteiger partial charge is 0.356 e. The first-order chi connectivity index (χ1) is 8.01. The predicted molar refractivity (Wildman–Crippen MR) is 68.1 cm³/mol. The van der Waals surface area contributed by atoms with Gasteiger partial charge in [-0.25, -0.2) is 9.78 Å². The molecule has 94 valence electrons. The summed E-state index contributed by atoms with van der Waals surface area (Å²) in [6.07, 6.45) is 0.972. The number of aromatic nitrogens is 1. The summed E-state index contributed by atoms with van der Waals surface area (Å²) in [7, 11) is 3.24. The molecule has 1 rings (SSSR count). The van der Waals surface area contributed by atoms with Crippen LogP contribution in [0.4, 0.5) is 11.5 Å². The van der Waals surface area contributed by atoms with Crippen LogP contribution in [0.5, 0.6) is 0 Å². The Labute approximate surface area is 102 Å². The summed E-state index contributed by atoms with van der Waals surface area (Å²) in [4.78, 5) is 17.6. The van der Waals surface area contributed by atoms with E-state index in [9.17, 15) is 4.79 Å². The van der Waals surface area contributed by atoms with Crippen molar-refractivity contribution >= 4 is 17.5 Å². The number of nitrogens with zero attached hydrogens (tertiary/aromatic N) is 2. The van der Waals surface area contributed by atoms with Gasteiger partial charge in [-0.05, 0) is 25.5 Å². The molecule has 0 saturated heterocycles. The fourth-order valence-corrected chi connectivity index (χ4v) is 1.44. The van der Waals surface area contributed by atoms with E-state index in [4.69, 9.17) is 5.73 Å². The molecule has 0 radical (unpaired) electrons. The summed E-state index contributed by atoms with van der Waals surface area (Å²) < 4.78 is 4.64. The molecule has 17 heavy (non-hydrogen) atoms. The van der Waals surface area contributed by atoms with Gasteiger partial charge in [0.15, 0.2) is 11.5 Å². The molecule has 0 aromatic carbocycles. The third-order valence-corrected chi connectivity index (χ3v) is 2.89. The predicted octanol–water partition coefficient (Wildman–Crippen LogP) is 1.69. The van der Waals surface area contributed by atoms with E-state index in [1.807, 2.05) is 11.9 Å². The van der Waals surface area contributed by atoms with E-state index in [-0.39, 0.29) is 5.69 Å². The number of hydrogen-bond acceptors (Lipinski definition) is 5. The highest BCUT2D eigenvalue weighted by Crippen LogP contribution is 2.22. The molecule has 1 atom stereocenters. The number of nitrogen functional groups attached to an aromatic ring is 1. The van der Waals surface area contributed by atoms with Crippen LogP contribution in [0.2, 0.25) is 0 Å². The number of esters is 1. The zero-order valence-corrected chi connectivity index (χ0v) is 10.7. The zero-order chi connectivity index (χ0) is 13.0. The summed E-state index contributed by atoms with van der Waals surface area (Å²) in [6, 6.07) is 3.54. The Morgan fingerprint density at radius 2 is 2.24 bits per heavy atom. The normalized spacial score (nSPS) is 12.0. The maximum absolute atomic E-state index is 11.4. The lowest BCUT2D eigenvalue weighted by Gasteiger charge is -2.26. The number of nitrogens with two attached hydrogens (primary N) is 1. The molecule has 1 heterocycles. The molecule has 0 bridgehead atoms. The van der Waals surface area contributed by atoms with Crippen LogP contribution in [0.25, 0.3) is 0 Å². The fourth-order valence-electron chi connectivity index (χ4n) is 1.44. The fraction of sp³-hybridized carbons (Fsp3) is 0.500. The minimum atomic E-state index is -0.455. The molecular formula is C12H19N3O2. The number of carbonyl (C=O) groups excluding carboxylic acids is 1. The second-order valence-corrected chi connectivity index (χ2v) is 3.97. The molecule has 0 saturated carbocycles. The van der Waals surface area contributed by atoms with Gasteiger partial charge in [0.05, 0.1) is 12.8 Å². The second-order valence-electron chi connectivity index (χ2n) is 3.97. The van der Waals surface area contributed by atoms with Crippen molar-refractivity contribution in [3.05, 3.63) is 17.8 Å². The Bertz CT molecular complexity index is 407. The van der Waals surface area contributed by atoms with Gasteiger partial charge in [0.2, 0.25) is 0 Å². The van der Waals surface area contributed by atoms with Gasteiger partial charge < -0.3 is 15.4 Å². The largest absolute Gasteiger partial charge is 0.464 e. The SMILES string of the molecule is CCC(C)N(C)c1nc(C(=O)OC)ccc1N.